The molecule has 206 valence electrons. The second kappa shape index (κ2) is 13.7. The van der Waals surface area contributed by atoms with Crippen molar-refractivity contribution >= 4 is 29.7 Å². The minimum Gasteiger partial charge on any atom is -0.508 e. The van der Waals surface area contributed by atoms with Crippen molar-refractivity contribution in [2.75, 3.05) is 0 Å². The number of carboxylic acids is 2. The average Bonchev–Trinajstić information content (AvgIpc) is 3.35. The van der Waals surface area contributed by atoms with Gasteiger partial charge in [-0.05, 0) is 30.0 Å². The van der Waals surface area contributed by atoms with Crippen molar-refractivity contribution in [2.24, 2.45) is 11.7 Å². The molecule has 3 amide bonds. The zero-order valence-corrected chi connectivity index (χ0v) is 20.9. The van der Waals surface area contributed by atoms with Crippen LogP contribution in [0.15, 0.2) is 36.8 Å². The molecule has 38 heavy (non-hydrogen) atoms. The Morgan fingerprint density at radius 2 is 1.55 bits per heavy atom. The lowest BCUT2D eigenvalue weighted by atomic mass is 10.0. The van der Waals surface area contributed by atoms with Gasteiger partial charge in [-0.15, -0.1) is 0 Å². The number of aromatic hydroxyl groups is 1. The number of carboxylic acid groups (broad SMARTS) is 2. The van der Waals surface area contributed by atoms with Gasteiger partial charge >= 0.3 is 11.9 Å². The van der Waals surface area contributed by atoms with E-state index in [-0.39, 0.29) is 18.6 Å². The summed E-state index contributed by atoms with van der Waals surface area (Å²) < 4.78 is 0. The van der Waals surface area contributed by atoms with Crippen molar-refractivity contribution in [3.05, 3.63) is 48.0 Å². The van der Waals surface area contributed by atoms with Gasteiger partial charge in [-0.25, -0.2) is 9.78 Å². The monoisotopic (exact) mass is 532 g/mol. The van der Waals surface area contributed by atoms with Crippen molar-refractivity contribution in [1.82, 2.24) is 25.9 Å². The number of rotatable bonds is 14. The van der Waals surface area contributed by atoms with Gasteiger partial charge in [0, 0.05) is 18.3 Å². The van der Waals surface area contributed by atoms with E-state index in [1.165, 1.54) is 24.7 Å². The fourth-order valence-corrected chi connectivity index (χ4v) is 3.51. The molecular weight excluding hydrogens is 500 g/mol. The number of amides is 3. The summed E-state index contributed by atoms with van der Waals surface area (Å²) in [6, 6.07) is 0.999. The molecule has 0 saturated carbocycles. The van der Waals surface area contributed by atoms with E-state index in [2.05, 4.69) is 25.9 Å². The molecule has 14 nitrogen and oxygen atoms in total. The highest BCUT2D eigenvalue weighted by atomic mass is 16.4. The van der Waals surface area contributed by atoms with Gasteiger partial charge in [0.1, 0.15) is 23.9 Å². The zero-order valence-electron chi connectivity index (χ0n) is 20.9. The Bertz CT molecular complexity index is 1120. The zero-order chi connectivity index (χ0) is 28.4. The van der Waals surface area contributed by atoms with Gasteiger partial charge in [-0.1, -0.05) is 26.0 Å². The second-order valence-electron chi connectivity index (χ2n) is 9.05. The lowest BCUT2D eigenvalue weighted by molar-refractivity contribution is -0.147. The Hall–Kier alpha value is -4.46. The summed E-state index contributed by atoms with van der Waals surface area (Å²) >= 11 is 0. The van der Waals surface area contributed by atoms with E-state index in [0.29, 0.717) is 11.3 Å². The Morgan fingerprint density at radius 3 is 2.08 bits per heavy atom. The Labute approximate surface area is 218 Å². The van der Waals surface area contributed by atoms with Gasteiger partial charge in [0.2, 0.25) is 17.7 Å². The van der Waals surface area contributed by atoms with Crippen LogP contribution in [-0.4, -0.2) is 79.1 Å². The predicted octanol–water partition coefficient (Wildman–Crippen LogP) is -1.10. The van der Waals surface area contributed by atoms with Crippen molar-refractivity contribution in [1.29, 1.82) is 0 Å². The van der Waals surface area contributed by atoms with Crippen molar-refractivity contribution in [2.45, 2.75) is 57.3 Å². The van der Waals surface area contributed by atoms with E-state index in [1.807, 2.05) is 0 Å². The molecule has 1 heterocycles. The number of nitrogens with two attached hydrogens (primary N) is 1. The van der Waals surface area contributed by atoms with E-state index in [1.54, 1.807) is 26.0 Å². The van der Waals surface area contributed by atoms with Crippen LogP contribution in [0, 0.1) is 5.92 Å². The van der Waals surface area contributed by atoms with Crippen LogP contribution in [0.1, 0.15) is 31.5 Å². The molecule has 14 heteroatoms. The molecule has 0 aliphatic heterocycles. The van der Waals surface area contributed by atoms with Crippen molar-refractivity contribution in [3.63, 3.8) is 0 Å². The third-order valence-electron chi connectivity index (χ3n) is 5.58. The smallest absolute Gasteiger partial charge is 0.326 e. The fraction of sp³-hybridized carbons (Fsp3) is 0.417. The lowest BCUT2D eigenvalue weighted by Crippen LogP contribution is -2.59. The molecule has 0 aliphatic rings. The molecule has 0 radical (unpaired) electrons. The summed E-state index contributed by atoms with van der Waals surface area (Å²) in [4.78, 5) is 67.9. The molecule has 9 N–H and O–H groups in total. The van der Waals surface area contributed by atoms with Crippen LogP contribution >= 0.6 is 0 Å². The molecular formula is C24H32N6O8. The van der Waals surface area contributed by atoms with Crippen LogP contribution in [0.25, 0.3) is 0 Å². The fourth-order valence-electron chi connectivity index (χ4n) is 3.51. The van der Waals surface area contributed by atoms with E-state index >= 15 is 0 Å². The van der Waals surface area contributed by atoms with Crippen LogP contribution in [0.5, 0.6) is 5.75 Å². The first-order valence-electron chi connectivity index (χ1n) is 11.7. The number of carbonyl (C=O) groups is 5. The summed E-state index contributed by atoms with van der Waals surface area (Å²) in [6.45, 7) is 3.35. The molecule has 1 aromatic heterocycles. The molecule has 4 atom stereocenters. The third-order valence-corrected chi connectivity index (χ3v) is 5.58. The summed E-state index contributed by atoms with van der Waals surface area (Å²) in [6.07, 6.45) is 1.92. The van der Waals surface area contributed by atoms with Gasteiger partial charge < -0.3 is 42.0 Å². The maximum absolute atomic E-state index is 13.2. The number of phenols is 1. The largest absolute Gasteiger partial charge is 0.508 e. The number of aromatic amines is 1. The number of aromatic nitrogens is 2. The van der Waals surface area contributed by atoms with Crippen LogP contribution in [0.2, 0.25) is 0 Å². The average molecular weight is 533 g/mol. The molecule has 0 aliphatic carbocycles. The quantitative estimate of drug-likeness (QED) is 0.146. The van der Waals surface area contributed by atoms with Gasteiger partial charge in [0.15, 0.2) is 0 Å². The minimum atomic E-state index is -1.72. The van der Waals surface area contributed by atoms with Crippen molar-refractivity contribution < 1.29 is 39.3 Å². The Morgan fingerprint density at radius 1 is 0.921 bits per heavy atom. The number of nitrogens with zero attached hydrogens (tertiary/aromatic N) is 1. The highest BCUT2D eigenvalue weighted by Crippen LogP contribution is 2.12. The standard InChI is InChI=1S/C24H32N6O8/c1-12(2)20(30-21(34)16(25)7-13-3-5-15(31)6-4-13)23(36)28-17(8-14-10-26-11-27-14)22(35)29-18(24(37)38)9-19(32)33/h3-6,10-12,16-18,20,31H,7-9,25H2,1-2H3,(H,26,27)(H,28,36)(H,29,35)(H,30,34)(H,32,33)(H,37,38). The summed E-state index contributed by atoms with van der Waals surface area (Å²) in [7, 11) is 0. The molecule has 0 saturated heterocycles. The van der Waals surface area contributed by atoms with E-state index in [4.69, 9.17) is 10.8 Å². The van der Waals surface area contributed by atoms with Crippen LogP contribution in [0.4, 0.5) is 0 Å². The topological polar surface area (TPSA) is 237 Å². The molecule has 4 unspecified atom stereocenters. The maximum Gasteiger partial charge on any atom is 0.326 e. The van der Waals surface area contributed by atoms with Gasteiger partial charge in [-0.2, -0.15) is 0 Å². The number of H-pyrrole nitrogens is 1. The van der Waals surface area contributed by atoms with E-state index in [9.17, 15) is 34.2 Å². The minimum absolute atomic E-state index is 0.0645. The first-order chi connectivity index (χ1) is 17.9. The van der Waals surface area contributed by atoms with E-state index < -0.39 is 66.2 Å². The number of carbonyl (C=O) groups excluding carboxylic acids is 3. The summed E-state index contributed by atoms with van der Waals surface area (Å²) in [5, 5.41) is 34.8. The number of imidazole rings is 1. The number of aliphatic carboxylic acids is 2. The normalized spacial score (nSPS) is 14.1. The molecule has 1 aromatic carbocycles. The van der Waals surface area contributed by atoms with Gasteiger partial charge in [0.05, 0.1) is 18.8 Å². The highest BCUT2D eigenvalue weighted by Gasteiger charge is 2.32. The number of hydrogen-bond donors (Lipinski definition) is 8. The maximum atomic E-state index is 13.2. The van der Waals surface area contributed by atoms with E-state index in [0.717, 1.165) is 0 Å². The molecule has 0 spiro atoms. The number of phenolic OH excluding ortho intramolecular Hbond substituents is 1. The SMILES string of the molecule is CC(C)C(NC(=O)C(N)Cc1ccc(O)cc1)C(=O)NC(Cc1cnc[nH]1)C(=O)NC(CC(=O)O)C(=O)O. The second-order valence-corrected chi connectivity index (χ2v) is 9.05. The van der Waals surface area contributed by atoms with Crippen LogP contribution in [0.3, 0.4) is 0 Å². The molecule has 0 bridgehead atoms. The lowest BCUT2D eigenvalue weighted by Gasteiger charge is -2.26. The van der Waals surface area contributed by atoms with Gasteiger partial charge in [0.25, 0.3) is 0 Å². The summed E-state index contributed by atoms with van der Waals surface area (Å²) in [5.74, 6) is -5.62. The van der Waals surface area contributed by atoms with Crippen LogP contribution in [-0.2, 0) is 36.8 Å². The molecule has 2 rings (SSSR count). The van der Waals surface area contributed by atoms with Crippen LogP contribution < -0.4 is 21.7 Å². The first-order valence-corrected chi connectivity index (χ1v) is 11.7. The highest BCUT2D eigenvalue weighted by molar-refractivity contribution is 5.95. The Kier molecular flexibility index (Phi) is 10.8. The molecule has 2 aromatic rings. The van der Waals surface area contributed by atoms with Gasteiger partial charge in [-0.3, -0.25) is 19.2 Å². The number of nitrogens with one attached hydrogen (secondary N) is 4. The first kappa shape index (κ1) is 29.8. The number of hydrogen-bond acceptors (Lipinski definition) is 8. The third kappa shape index (κ3) is 9.20. The Balaban J connectivity index is 2.14. The molecule has 0 fully saturated rings. The number of benzene rings is 1. The summed E-state index contributed by atoms with van der Waals surface area (Å²) in [5.41, 5.74) is 7.15. The van der Waals surface area contributed by atoms with Crippen molar-refractivity contribution in [3.8, 4) is 5.75 Å². The predicted molar refractivity (Wildman–Crippen MR) is 133 cm³/mol.